The van der Waals surface area contributed by atoms with Gasteiger partial charge in [-0.1, -0.05) is 42.8 Å². The van der Waals surface area contributed by atoms with Gasteiger partial charge < -0.3 is 4.74 Å². The number of nitrogens with zero attached hydrogens (tertiary/aromatic N) is 4. The number of hydrogen-bond donors (Lipinski definition) is 0. The van der Waals surface area contributed by atoms with E-state index in [1.165, 1.54) is 23.1 Å². The van der Waals surface area contributed by atoms with Crippen LogP contribution in [0.4, 0.5) is 8.78 Å². The van der Waals surface area contributed by atoms with Crippen LogP contribution in [-0.4, -0.2) is 20.9 Å². The van der Waals surface area contributed by atoms with E-state index in [9.17, 15) is 8.78 Å². The Bertz CT molecular complexity index is 1150. The molecule has 0 spiro atoms. The average molecular weight is 406 g/mol. The fraction of sp³-hybridized carbons (Fsp3) is 0.174. The van der Waals surface area contributed by atoms with Gasteiger partial charge in [0.25, 0.3) is 0 Å². The normalized spacial score (nSPS) is 13.4. The van der Waals surface area contributed by atoms with Gasteiger partial charge >= 0.3 is 0 Å². The molecular weight excluding hydrogens is 386 g/mol. The summed E-state index contributed by atoms with van der Waals surface area (Å²) >= 11 is 0. The summed E-state index contributed by atoms with van der Waals surface area (Å²) in [6.07, 6.45) is 7.17. The van der Waals surface area contributed by atoms with E-state index in [1.807, 2.05) is 0 Å². The van der Waals surface area contributed by atoms with E-state index in [-0.39, 0.29) is 11.7 Å². The standard InChI is InChI=1S/C23H20F2N4O/c1-2-3-13-21-22(27-28-29(21)20-14-7-6-11-18(20)25)23-26-19(12-8-15-30-23)16-9-4-5-10-17(16)24/h4-12,14-15H,2-3,13H2,1H3. The number of para-hydroxylation sites is 1. The number of hydrogen-bond acceptors (Lipinski definition) is 4. The molecule has 1 aliphatic heterocycles. The van der Waals surface area contributed by atoms with Crippen LogP contribution < -0.4 is 0 Å². The van der Waals surface area contributed by atoms with Gasteiger partial charge in [0.2, 0.25) is 5.90 Å². The fourth-order valence-electron chi connectivity index (χ4n) is 3.19. The molecule has 0 aliphatic carbocycles. The van der Waals surface area contributed by atoms with E-state index in [4.69, 9.17) is 4.74 Å². The van der Waals surface area contributed by atoms with E-state index >= 15 is 0 Å². The van der Waals surface area contributed by atoms with Crippen LogP contribution in [0.25, 0.3) is 11.4 Å². The summed E-state index contributed by atoms with van der Waals surface area (Å²) < 4.78 is 35.9. The van der Waals surface area contributed by atoms with E-state index in [1.54, 1.807) is 48.6 Å². The first-order chi connectivity index (χ1) is 14.7. The van der Waals surface area contributed by atoms with Crippen molar-refractivity contribution >= 4 is 11.6 Å². The Hall–Kier alpha value is -3.61. The lowest BCUT2D eigenvalue weighted by Crippen LogP contribution is -2.10. The van der Waals surface area contributed by atoms with Crippen LogP contribution in [0, 0.1) is 11.6 Å². The highest BCUT2D eigenvalue weighted by molar-refractivity contribution is 5.98. The summed E-state index contributed by atoms with van der Waals surface area (Å²) in [5.41, 5.74) is 2.14. The molecule has 0 fully saturated rings. The zero-order valence-electron chi connectivity index (χ0n) is 16.4. The monoisotopic (exact) mass is 406 g/mol. The topological polar surface area (TPSA) is 52.3 Å². The first-order valence-electron chi connectivity index (χ1n) is 9.76. The predicted molar refractivity (Wildman–Crippen MR) is 111 cm³/mol. The molecular formula is C23H20F2N4O. The van der Waals surface area contributed by atoms with Gasteiger partial charge in [-0.15, -0.1) is 5.10 Å². The second-order valence-electron chi connectivity index (χ2n) is 6.75. The minimum absolute atomic E-state index is 0.187. The highest BCUT2D eigenvalue weighted by Crippen LogP contribution is 2.25. The van der Waals surface area contributed by atoms with Crippen LogP contribution in [0.1, 0.15) is 36.7 Å². The fourth-order valence-corrected chi connectivity index (χ4v) is 3.19. The molecule has 2 heterocycles. The number of unbranched alkanes of at least 4 members (excludes halogenated alkanes) is 1. The van der Waals surface area contributed by atoms with Crippen molar-refractivity contribution in [1.82, 2.24) is 15.0 Å². The van der Waals surface area contributed by atoms with Gasteiger partial charge in [0, 0.05) is 5.56 Å². The van der Waals surface area contributed by atoms with Gasteiger partial charge in [0.05, 0.1) is 17.7 Å². The molecule has 1 aromatic heterocycles. The molecule has 0 radical (unpaired) electrons. The Morgan fingerprint density at radius 3 is 2.53 bits per heavy atom. The number of aliphatic imine (C=N–C) groups is 1. The number of benzene rings is 2. The Labute approximate surface area is 173 Å². The van der Waals surface area contributed by atoms with Gasteiger partial charge in [-0.3, -0.25) is 0 Å². The maximum atomic E-state index is 14.4. The minimum Gasteiger partial charge on any atom is -0.445 e. The SMILES string of the molecule is CCCCc1c(C2=NC(c3ccccc3F)=CC=CO2)nnn1-c1ccccc1F. The van der Waals surface area contributed by atoms with E-state index in [0.717, 1.165) is 12.8 Å². The third-order valence-electron chi connectivity index (χ3n) is 4.70. The molecule has 5 nitrogen and oxygen atoms in total. The van der Waals surface area contributed by atoms with Crippen molar-refractivity contribution in [3.63, 3.8) is 0 Å². The summed E-state index contributed by atoms with van der Waals surface area (Å²) in [6, 6.07) is 12.8. The van der Waals surface area contributed by atoms with Gasteiger partial charge in [-0.05, 0) is 49.3 Å². The summed E-state index contributed by atoms with van der Waals surface area (Å²) in [5, 5.41) is 8.41. The third kappa shape index (κ3) is 3.91. The average Bonchev–Trinajstić information content (AvgIpc) is 3.01. The Morgan fingerprint density at radius 1 is 1.00 bits per heavy atom. The lowest BCUT2D eigenvalue weighted by molar-refractivity contribution is 0.472. The van der Waals surface area contributed by atoms with Crippen molar-refractivity contribution in [1.29, 1.82) is 0 Å². The number of aromatic nitrogens is 3. The quantitative estimate of drug-likeness (QED) is 0.564. The largest absolute Gasteiger partial charge is 0.445 e. The van der Waals surface area contributed by atoms with Crippen LogP contribution in [0.2, 0.25) is 0 Å². The Morgan fingerprint density at radius 2 is 1.77 bits per heavy atom. The van der Waals surface area contributed by atoms with E-state index in [2.05, 4.69) is 22.2 Å². The number of ether oxygens (including phenoxy) is 1. The maximum Gasteiger partial charge on any atom is 0.249 e. The molecule has 0 atom stereocenters. The Kier molecular flexibility index (Phi) is 5.79. The lowest BCUT2D eigenvalue weighted by atomic mass is 10.1. The summed E-state index contributed by atoms with van der Waals surface area (Å²) in [7, 11) is 0. The van der Waals surface area contributed by atoms with Crippen molar-refractivity contribution in [2.24, 2.45) is 4.99 Å². The molecule has 30 heavy (non-hydrogen) atoms. The van der Waals surface area contributed by atoms with Gasteiger partial charge in [0.1, 0.15) is 17.3 Å². The highest BCUT2D eigenvalue weighted by atomic mass is 19.1. The molecule has 4 rings (SSSR count). The first kappa shape index (κ1) is 19.7. The van der Waals surface area contributed by atoms with Crippen molar-refractivity contribution in [3.8, 4) is 5.69 Å². The molecule has 7 heteroatoms. The smallest absolute Gasteiger partial charge is 0.249 e. The first-order valence-corrected chi connectivity index (χ1v) is 9.76. The van der Waals surface area contributed by atoms with E-state index < -0.39 is 5.82 Å². The van der Waals surface area contributed by atoms with Crippen molar-refractivity contribution in [2.45, 2.75) is 26.2 Å². The summed E-state index contributed by atoms with van der Waals surface area (Å²) in [4.78, 5) is 4.52. The van der Waals surface area contributed by atoms with Gasteiger partial charge in [-0.25, -0.2) is 18.5 Å². The van der Waals surface area contributed by atoms with Crippen LogP contribution in [0.3, 0.4) is 0 Å². The van der Waals surface area contributed by atoms with Crippen LogP contribution in [0.15, 0.2) is 71.9 Å². The Balaban J connectivity index is 1.81. The molecule has 0 saturated heterocycles. The maximum absolute atomic E-state index is 14.4. The van der Waals surface area contributed by atoms with Crippen molar-refractivity contribution in [2.75, 3.05) is 0 Å². The molecule has 0 unspecified atom stereocenters. The molecule has 0 amide bonds. The second-order valence-corrected chi connectivity index (χ2v) is 6.75. The van der Waals surface area contributed by atoms with Gasteiger partial charge in [0.15, 0.2) is 5.69 Å². The molecule has 0 N–H and O–H groups in total. The zero-order chi connectivity index (χ0) is 20.9. The zero-order valence-corrected chi connectivity index (χ0v) is 16.4. The second kappa shape index (κ2) is 8.82. The number of rotatable bonds is 6. The molecule has 3 aromatic rings. The van der Waals surface area contributed by atoms with Gasteiger partial charge in [-0.2, -0.15) is 0 Å². The van der Waals surface area contributed by atoms with E-state index in [0.29, 0.717) is 34.8 Å². The molecule has 152 valence electrons. The van der Waals surface area contributed by atoms with Crippen LogP contribution in [0.5, 0.6) is 0 Å². The lowest BCUT2D eigenvalue weighted by Gasteiger charge is -2.10. The minimum atomic E-state index is -0.401. The number of allylic oxidation sites excluding steroid dienone is 2. The number of halogens is 2. The molecule has 0 bridgehead atoms. The molecule has 0 saturated carbocycles. The molecule has 2 aromatic carbocycles. The van der Waals surface area contributed by atoms with Crippen molar-refractivity contribution in [3.05, 3.63) is 95.5 Å². The predicted octanol–water partition coefficient (Wildman–Crippen LogP) is 5.22. The highest BCUT2D eigenvalue weighted by Gasteiger charge is 2.23. The van der Waals surface area contributed by atoms with Crippen LogP contribution >= 0.6 is 0 Å². The summed E-state index contributed by atoms with van der Waals surface area (Å²) in [5.74, 6) is -0.599. The van der Waals surface area contributed by atoms with Crippen LogP contribution in [-0.2, 0) is 11.2 Å². The van der Waals surface area contributed by atoms with Crippen molar-refractivity contribution < 1.29 is 13.5 Å². The molecule has 1 aliphatic rings. The summed E-state index contributed by atoms with van der Waals surface area (Å²) in [6.45, 7) is 2.07. The third-order valence-corrected chi connectivity index (χ3v) is 4.70.